The predicted octanol–water partition coefficient (Wildman–Crippen LogP) is 4.07. The third-order valence-electron chi connectivity index (χ3n) is 4.57. The van der Waals surface area contributed by atoms with Gasteiger partial charge in [-0.25, -0.2) is 14.2 Å². The van der Waals surface area contributed by atoms with Crippen LogP contribution in [0.3, 0.4) is 0 Å². The smallest absolute Gasteiger partial charge is 0.419 e. The molecule has 1 aromatic heterocycles. The second kappa shape index (κ2) is 7.82. The van der Waals surface area contributed by atoms with Crippen LogP contribution in [0.15, 0.2) is 12.3 Å². The molecule has 0 saturated carbocycles. The molecular weight excluding hydrogens is 332 g/mol. The monoisotopic (exact) mass is 364 g/mol. The number of nitrogens with zero attached hydrogens (tertiary/aromatic N) is 2. The molecule has 1 aliphatic rings. The van der Waals surface area contributed by atoms with Crippen molar-refractivity contribution in [3.8, 4) is 0 Å². The van der Waals surface area contributed by atoms with Gasteiger partial charge in [0.05, 0.1) is 6.61 Å². The largest absolute Gasteiger partial charge is 0.461 e. The van der Waals surface area contributed by atoms with E-state index in [0.29, 0.717) is 12.0 Å². The van der Waals surface area contributed by atoms with Crippen molar-refractivity contribution in [3.05, 3.63) is 23.5 Å². The molecule has 2 heterocycles. The molecule has 1 fully saturated rings. The maximum atomic E-state index is 12.5. The van der Waals surface area contributed by atoms with Crippen molar-refractivity contribution in [3.63, 3.8) is 0 Å². The van der Waals surface area contributed by atoms with Gasteiger partial charge in [0, 0.05) is 12.7 Å². The average molecular weight is 364 g/mol. The minimum absolute atomic E-state index is 0.216. The number of esters is 1. The van der Waals surface area contributed by atoms with Crippen LogP contribution in [-0.4, -0.2) is 46.8 Å². The number of ether oxygens (including phenoxy) is 2. The zero-order valence-electron chi connectivity index (χ0n) is 16.9. The molecule has 1 aliphatic heterocycles. The fourth-order valence-electron chi connectivity index (χ4n) is 3.00. The van der Waals surface area contributed by atoms with Crippen LogP contribution in [0, 0.1) is 5.41 Å². The van der Waals surface area contributed by atoms with Crippen molar-refractivity contribution in [1.82, 2.24) is 9.47 Å². The van der Waals surface area contributed by atoms with E-state index in [-0.39, 0.29) is 12.3 Å². The molecule has 2 rings (SSSR count). The molecule has 1 aromatic rings. The van der Waals surface area contributed by atoms with E-state index in [1.807, 2.05) is 0 Å². The Bertz CT molecular complexity index is 645. The molecule has 0 aliphatic carbocycles. The Balaban J connectivity index is 2.19. The maximum Gasteiger partial charge on any atom is 0.419 e. The van der Waals surface area contributed by atoms with Gasteiger partial charge in [0.15, 0.2) is 0 Å². The Labute approximate surface area is 156 Å². The molecule has 6 heteroatoms. The van der Waals surface area contributed by atoms with Crippen LogP contribution in [0.25, 0.3) is 0 Å². The molecule has 26 heavy (non-hydrogen) atoms. The van der Waals surface area contributed by atoms with Crippen molar-refractivity contribution in [2.45, 2.75) is 66.5 Å². The highest BCUT2D eigenvalue weighted by Crippen LogP contribution is 2.30. The lowest BCUT2D eigenvalue weighted by atomic mass is 9.82. The highest BCUT2D eigenvalue weighted by atomic mass is 16.6. The van der Waals surface area contributed by atoms with Gasteiger partial charge in [-0.3, -0.25) is 4.90 Å². The third-order valence-corrected chi connectivity index (χ3v) is 4.57. The van der Waals surface area contributed by atoms with Crippen LogP contribution >= 0.6 is 0 Å². The normalized spacial score (nSPS) is 17.8. The Kier molecular flexibility index (Phi) is 6.17. The van der Waals surface area contributed by atoms with Gasteiger partial charge in [0.25, 0.3) is 0 Å². The number of carbonyl (C=O) groups excluding carboxylic acids is 2. The van der Waals surface area contributed by atoms with Crippen LogP contribution in [-0.2, 0) is 16.0 Å². The summed E-state index contributed by atoms with van der Waals surface area (Å²) in [5.74, 6) is -0.510. The minimum Gasteiger partial charge on any atom is -0.461 e. The first-order chi connectivity index (χ1) is 12.0. The van der Waals surface area contributed by atoms with Gasteiger partial charge >= 0.3 is 12.1 Å². The highest BCUT2D eigenvalue weighted by Gasteiger charge is 2.27. The predicted molar refractivity (Wildman–Crippen MR) is 100 cm³/mol. The lowest BCUT2D eigenvalue weighted by Gasteiger charge is -2.36. The van der Waals surface area contributed by atoms with Crippen LogP contribution in [0.5, 0.6) is 0 Å². The molecular formula is C20H32N2O4. The molecule has 0 aromatic carbocycles. The highest BCUT2D eigenvalue weighted by molar-refractivity contribution is 5.92. The number of aromatic nitrogens is 1. The Morgan fingerprint density at radius 2 is 1.81 bits per heavy atom. The average Bonchev–Trinajstić information content (AvgIpc) is 2.92. The van der Waals surface area contributed by atoms with Crippen molar-refractivity contribution in [1.29, 1.82) is 0 Å². The zero-order valence-corrected chi connectivity index (χ0v) is 16.9. The number of hydrogen-bond donors (Lipinski definition) is 0. The van der Waals surface area contributed by atoms with Crippen LogP contribution in [0.1, 0.15) is 70.4 Å². The van der Waals surface area contributed by atoms with Crippen molar-refractivity contribution < 1.29 is 19.1 Å². The molecule has 0 radical (unpaired) electrons. The van der Waals surface area contributed by atoms with Crippen LogP contribution in [0.2, 0.25) is 0 Å². The van der Waals surface area contributed by atoms with Gasteiger partial charge in [0.2, 0.25) is 0 Å². The third kappa shape index (κ3) is 5.59. The lowest BCUT2D eigenvalue weighted by molar-refractivity contribution is 0.0449. The summed E-state index contributed by atoms with van der Waals surface area (Å²) < 4.78 is 11.8. The molecule has 0 atom stereocenters. The van der Waals surface area contributed by atoms with E-state index >= 15 is 0 Å². The number of hydrogen-bond acceptors (Lipinski definition) is 5. The van der Waals surface area contributed by atoms with E-state index in [0.717, 1.165) is 31.5 Å². The fraction of sp³-hybridized carbons (Fsp3) is 0.700. The van der Waals surface area contributed by atoms with E-state index < -0.39 is 17.7 Å². The summed E-state index contributed by atoms with van der Waals surface area (Å²) in [6, 6.07) is 1.74. The molecule has 0 amide bonds. The summed E-state index contributed by atoms with van der Waals surface area (Å²) >= 11 is 0. The summed E-state index contributed by atoms with van der Waals surface area (Å²) in [6.07, 6.45) is 3.42. The van der Waals surface area contributed by atoms with Gasteiger partial charge in [-0.1, -0.05) is 13.8 Å². The number of carbonyl (C=O) groups is 2. The van der Waals surface area contributed by atoms with Gasteiger partial charge < -0.3 is 9.47 Å². The zero-order chi connectivity index (χ0) is 19.5. The summed E-state index contributed by atoms with van der Waals surface area (Å²) in [4.78, 5) is 27.1. The van der Waals surface area contributed by atoms with Crippen LogP contribution < -0.4 is 0 Å². The topological polar surface area (TPSA) is 60.8 Å². The molecule has 0 unspecified atom stereocenters. The molecule has 0 N–H and O–H groups in total. The summed E-state index contributed by atoms with van der Waals surface area (Å²) in [5, 5.41) is 0. The summed E-state index contributed by atoms with van der Waals surface area (Å²) in [7, 11) is 0. The quantitative estimate of drug-likeness (QED) is 0.754. The first-order valence-corrected chi connectivity index (χ1v) is 9.35. The Morgan fingerprint density at radius 3 is 2.35 bits per heavy atom. The lowest BCUT2D eigenvalue weighted by Crippen LogP contribution is -2.36. The molecule has 146 valence electrons. The first kappa shape index (κ1) is 20.5. The van der Waals surface area contributed by atoms with Crippen molar-refractivity contribution >= 4 is 12.1 Å². The van der Waals surface area contributed by atoms with Crippen LogP contribution in [0.4, 0.5) is 4.79 Å². The Hall–Kier alpha value is -1.82. The SMILES string of the molecule is CCOC(=O)c1cc(CN2CCC(C)(C)CC2)cn1C(=O)OC(C)(C)C. The number of likely N-dealkylation sites (tertiary alicyclic amines) is 1. The molecule has 1 saturated heterocycles. The van der Waals surface area contributed by atoms with E-state index in [9.17, 15) is 9.59 Å². The van der Waals surface area contributed by atoms with Gasteiger partial charge in [-0.15, -0.1) is 0 Å². The van der Waals surface area contributed by atoms with E-state index in [1.54, 1.807) is 40.0 Å². The van der Waals surface area contributed by atoms with Crippen molar-refractivity contribution in [2.75, 3.05) is 19.7 Å². The van der Waals surface area contributed by atoms with Gasteiger partial charge in [-0.2, -0.15) is 0 Å². The Morgan fingerprint density at radius 1 is 1.19 bits per heavy atom. The van der Waals surface area contributed by atoms with Gasteiger partial charge in [0.1, 0.15) is 11.3 Å². The molecule has 6 nitrogen and oxygen atoms in total. The summed E-state index contributed by atoms with van der Waals surface area (Å²) in [6.45, 7) is 14.7. The second-order valence-electron chi connectivity index (χ2n) is 8.74. The summed E-state index contributed by atoms with van der Waals surface area (Å²) in [5.41, 5.74) is 0.882. The van der Waals surface area contributed by atoms with E-state index in [1.165, 1.54) is 4.57 Å². The molecule has 0 spiro atoms. The minimum atomic E-state index is -0.633. The van der Waals surface area contributed by atoms with E-state index in [4.69, 9.17) is 9.47 Å². The van der Waals surface area contributed by atoms with Crippen molar-refractivity contribution in [2.24, 2.45) is 5.41 Å². The number of rotatable bonds is 4. The van der Waals surface area contributed by atoms with Gasteiger partial charge in [-0.05, 0) is 70.7 Å². The van der Waals surface area contributed by atoms with E-state index in [2.05, 4.69) is 18.7 Å². The maximum absolute atomic E-state index is 12.5. The molecule has 0 bridgehead atoms. The fourth-order valence-corrected chi connectivity index (χ4v) is 3.00. The number of piperidine rings is 1. The standard InChI is InChI=1S/C20H32N2O4/c1-7-25-17(23)16-12-15(13-21-10-8-20(5,6)9-11-21)14-22(16)18(24)26-19(2,3)4/h12,14H,7-11,13H2,1-6H3. The first-order valence-electron chi connectivity index (χ1n) is 9.35. The second-order valence-corrected chi connectivity index (χ2v) is 8.74.